The van der Waals surface area contributed by atoms with Gasteiger partial charge >= 0.3 is 27.1 Å². The molecule has 7 heavy (non-hydrogen) atoms. The van der Waals surface area contributed by atoms with Gasteiger partial charge in [0.25, 0.3) is 0 Å². The van der Waals surface area contributed by atoms with Crippen LogP contribution in [0.5, 0.6) is 0 Å². The Kier molecular flexibility index (Phi) is 14.6. The summed E-state index contributed by atoms with van der Waals surface area (Å²) in [5.41, 5.74) is 4.06. The van der Waals surface area contributed by atoms with E-state index in [-0.39, 0.29) is 0 Å². The molecule has 0 fully saturated rings. The van der Waals surface area contributed by atoms with Crippen LogP contribution in [0.15, 0.2) is 0 Å². The molecule has 0 aromatic carbocycles. The van der Waals surface area contributed by atoms with E-state index >= 15 is 0 Å². The van der Waals surface area contributed by atoms with E-state index in [1.165, 1.54) is 4.47 Å². The number of hydrogen-bond donors (Lipinski definition) is 1. The van der Waals surface area contributed by atoms with Crippen molar-refractivity contribution in [2.45, 2.75) is 0 Å². The summed E-state index contributed by atoms with van der Waals surface area (Å²) < 4.78 is 1.39. The van der Waals surface area contributed by atoms with Gasteiger partial charge in [0.1, 0.15) is 0 Å². The molecular formula is CH2NO3PRh. The normalized spacial score (nSPS) is 6.29. The SMILES string of the molecule is NP([O-])[O-].O=[C]=[Rh+2]. The Morgan fingerprint density at radius 3 is 1.71 bits per heavy atom. The molecule has 4 nitrogen and oxygen atoms in total. The summed E-state index contributed by atoms with van der Waals surface area (Å²) in [5.74, 6) is 0. The van der Waals surface area contributed by atoms with Gasteiger partial charge in [-0.15, -0.1) is 0 Å². The standard InChI is InChI=1S/CO.H2NO2P.Rh/c1-2;1-4(2)3;/h;1H2;/q;-2;+2. The first-order chi connectivity index (χ1) is 3.15. The van der Waals surface area contributed by atoms with Crippen LogP contribution in [0, 0.1) is 0 Å². The van der Waals surface area contributed by atoms with Crippen molar-refractivity contribution in [2.24, 2.45) is 5.50 Å². The molecule has 0 aliphatic carbocycles. The van der Waals surface area contributed by atoms with E-state index in [4.69, 9.17) is 14.6 Å². The zero-order chi connectivity index (χ0) is 6.28. The summed E-state index contributed by atoms with van der Waals surface area (Å²) in [7, 11) is -2.62. The Balaban J connectivity index is 0. The molecule has 0 atom stereocenters. The van der Waals surface area contributed by atoms with Gasteiger partial charge in [-0.3, -0.25) is 0 Å². The van der Waals surface area contributed by atoms with Crippen LogP contribution in [0.2, 0.25) is 0 Å². The fraction of sp³-hybridized carbons (Fsp3) is 0. The van der Waals surface area contributed by atoms with Gasteiger partial charge in [0.2, 0.25) is 0 Å². The van der Waals surface area contributed by atoms with Gasteiger partial charge < -0.3 is 15.3 Å². The minimum atomic E-state index is -2.62. The van der Waals surface area contributed by atoms with E-state index < -0.39 is 8.53 Å². The van der Waals surface area contributed by atoms with E-state index in [1.54, 1.807) is 0 Å². The van der Waals surface area contributed by atoms with Crippen molar-refractivity contribution in [3.63, 3.8) is 0 Å². The molecule has 0 aliphatic heterocycles. The first-order valence-corrected chi connectivity index (χ1v) is 3.06. The van der Waals surface area contributed by atoms with Crippen molar-refractivity contribution in [1.82, 2.24) is 0 Å². The van der Waals surface area contributed by atoms with Crippen LogP contribution in [0.25, 0.3) is 0 Å². The maximum absolute atomic E-state index is 8.81. The quantitative estimate of drug-likeness (QED) is 0.353. The van der Waals surface area contributed by atoms with Crippen LogP contribution in [0.4, 0.5) is 0 Å². The molecule has 6 heteroatoms. The number of carbonyl (C=O) groups excluding carboxylic acids is 1. The summed E-state index contributed by atoms with van der Waals surface area (Å²) in [6, 6.07) is 0. The fourth-order valence-corrected chi connectivity index (χ4v) is 0. The van der Waals surface area contributed by atoms with Crippen LogP contribution in [-0.2, 0) is 22.6 Å². The Labute approximate surface area is 51.5 Å². The van der Waals surface area contributed by atoms with Gasteiger partial charge in [-0.05, 0) is 0 Å². The number of hydrogen-bond acceptors (Lipinski definition) is 4. The number of nitrogens with two attached hydrogens (primary N) is 1. The van der Waals surface area contributed by atoms with Crippen molar-refractivity contribution >= 4 is 13.0 Å². The molecule has 0 spiro atoms. The van der Waals surface area contributed by atoms with Gasteiger partial charge in [0, 0.05) is 0 Å². The molecule has 2 N–H and O–H groups in total. The molecule has 0 radical (unpaired) electrons. The molecule has 43 valence electrons. The predicted octanol–water partition coefficient (Wildman–Crippen LogP) is -2.51. The Hall–Kier alpha value is 0.513. The van der Waals surface area contributed by atoms with Gasteiger partial charge in [-0.25, -0.2) is 8.53 Å². The van der Waals surface area contributed by atoms with Gasteiger partial charge in [-0.1, -0.05) is 0 Å². The molecule has 0 aromatic rings. The van der Waals surface area contributed by atoms with Gasteiger partial charge in [0.15, 0.2) is 0 Å². The van der Waals surface area contributed by atoms with Crippen molar-refractivity contribution in [1.29, 1.82) is 0 Å². The van der Waals surface area contributed by atoms with Crippen LogP contribution in [0.1, 0.15) is 0 Å². The number of rotatable bonds is 0. The van der Waals surface area contributed by atoms with E-state index in [1.807, 2.05) is 17.9 Å². The second-order valence-electron chi connectivity index (χ2n) is 0.353. The molecule has 0 unspecified atom stereocenters. The summed E-state index contributed by atoms with van der Waals surface area (Å²) in [4.78, 5) is 26.3. The summed E-state index contributed by atoms with van der Waals surface area (Å²) in [6.07, 6.45) is 0. The first-order valence-electron chi connectivity index (χ1n) is 0.994. The third-order valence-corrected chi connectivity index (χ3v) is 0. The van der Waals surface area contributed by atoms with E-state index in [9.17, 15) is 0 Å². The molecule has 0 aliphatic rings. The Morgan fingerprint density at radius 2 is 1.71 bits per heavy atom. The molecule has 0 rings (SSSR count). The predicted molar refractivity (Wildman–Crippen MR) is 16.8 cm³/mol. The summed E-state index contributed by atoms with van der Waals surface area (Å²) >= 11 is 1.92. The average molecular weight is 210 g/mol. The first kappa shape index (κ1) is 10.5. The third-order valence-electron chi connectivity index (χ3n) is 0. The molecule has 0 amide bonds. The molecule has 0 saturated carbocycles. The monoisotopic (exact) mass is 210 g/mol. The Morgan fingerprint density at radius 1 is 1.71 bits per heavy atom. The molecule has 0 saturated heterocycles. The average Bonchev–Trinajstić information content (AvgIpc) is 1.33. The second-order valence-corrected chi connectivity index (χ2v) is 1.26. The summed E-state index contributed by atoms with van der Waals surface area (Å²) in [6.45, 7) is 0. The van der Waals surface area contributed by atoms with Crippen LogP contribution in [-0.4, -0.2) is 4.47 Å². The fourth-order valence-electron chi connectivity index (χ4n) is 0. The van der Waals surface area contributed by atoms with Crippen LogP contribution < -0.4 is 15.3 Å². The zero-order valence-electron chi connectivity index (χ0n) is 3.08. The maximum atomic E-state index is 8.81. The Bertz CT molecular complexity index is 57.2. The van der Waals surface area contributed by atoms with E-state index in [0.717, 1.165) is 0 Å². The van der Waals surface area contributed by atoms with Gasteiger partial charge in [-0.2, -0.15) is 0 Å². The molecule has 0 bridgehead atoms. The second kappa shape index (κ2) is 9.72. The van der Waals surface area contributed by atoms with Crippen molar-refractivity contribution in [3.05, 3.63) is 0 Å². The van der Waals surface area contributed by atoms with Crippen molar-refractivity contribution in [2.75, 3.05) is 0 Å². The van der Waals surface area contributed by atoms with Gasteiger partial charge in [0.05, 0.1) is 0 Å². The van der Waals surface area contributed by atoms with Crippen molar-refractivity contribution < 1.29 is 32.4 Å². The summed E-state index contributed by atoms with van der Waals surface area (Å²) in [5, 5.41) is 0. The molecule has 0 aromatic heterocycles. The van der Waals surface area contributed by atoms with Crippen molar-refractivity contribution in [3.8, 4) is 0 Å². The zero-order valence-corrected chi connectivity index (χ0v) is 5.62. The van der Waals surface area contributed by atoms with E-state index in [2.05, 4.69) is 5.50 Å². The van der Waals surface area contributed by atoms with Crippen LogP contribution in [0.3, 0.4) is 0 Å². The minimum absolute atomic E-state index is 1.39. The third kappa shape index (κ3) is 503. The van der Waals surface area contributed by atoms with Crippen LogP contribution >= 0.6 is 8.53 Å². The van der Waals surface area contributed by atoms with E-state index in [0.29, 0.717) is 0 Å². The molecule has 0 heterocycles. The molecular weight excluding hydrogens is 208 g/mol. The topological polar surface area (TPSA) is 89.2 Å².